The molecule has 7 rings (SSSR count). The third-order valence-corrected chi connectivity index (χ3v) is 14.5. The summed E-state index contributed by atoms with van der Waals surface area (Å²) in [6.07, 6.45) is 4.36. The number of pyridine rings is 1. The summed E-state index contributed by atoms with van der Waals surface area (Å²) in [5, 5.41) is 12.1. The molecule has 0 spiro atoms. The Morgan fingerprint density at radius 1 is 0.896 bits per heavy atom. The van der Waals surface area contributed by atoms with Crippen molar-refractivity contribution in [1.82, 2.24) is 35.9 Å². The van der Waals surface area contributed by atoms with E-state index >= 15 is 0 Å². The van der Waals surface area contributed by atoms with Crippen molar-refractivity contribution < 1.29 is 41.9 Å². The molecule has 3 aromatic carbocycles. The summed E-state index contributed by atoms with van der Waals surface area (Å²) in [5.41, 5.74) is 0.126. The fourth-order valence-electron chi connectivity index (χ4n) is 9.51. The summed E-state index contributed by atoms with van der Waals surface area (Å²) >= 11 is 0. The van der Waals surface area contributed by atoms with E-state index in [9.17, 15) is 32.4 Å². The van der Waals surface area contributed by atoms with E-state index in [1.165, 1.54) is 11.9 Å². The van der Waals surface area contributed by atoms with Gasteiger partial charge in [-0.1, -0.05) is 114 Å². The van der Waals surface area contributed by atoms with Crippen LogP contribution in [0.2, 0.25) is 0 Å². The fourth-order valence-corrected chi connectivity index (χ4v) is 10.7. The van der Waals surface area contributed by atoms with Crippen LogP contribution in [-0.4, -0.2) is 98.4 Å². The molecule has 358 valence electrons. The van der Waals surface area contributed by atoms with E-state index in [0.717, 1.165) is 37.7 Å². The fraction of sp³-hybridized carbons (Fsp3) is 0.480. The number of urea groups is 1. The maximum Gasteiger partial charge on any atom is 0.318 e. The molecule has 3 fully saturated rings. The Balaban J connectivity index is 1.19. The number of sulfonamides is 1. The highest BCUT2D eigenvalue weighted by Gasteiger charge is 2.61. The average Bonchev–Trinajstić information content (AvgIpc) is 3.87. The van der Waals surface area contributed by atoms with Gasteiger partial charge in [0.25, 0.3) is 5.91 Å². The molecule has 5 N–H and O–H groups in total. The van der Waals surface area contributed by atoms with Gasteiger partial charge in [0.05, 0.1) is 30.6 Å². The van der Waals surface area contributed by atoms with Crippen LogP contribution >= 0.6 is 0 Å². The quantitative estimate of drug-likeness (QED) is 0.0938. The smallest absolute Gasteiger partial charge is 0.318 e. The van der Waals surface area contributed by atoms with Gasteiger partial charge in [-0.3, -0.25) is 23.9 Å². The third-order valence-electron chi connectivity index (χ3n) is 13.3. The number of methoxy groups -OCH3 is 1. The van der Waals surface area contributed by atoms with Gasteiger partial charge in [-0.25, -0.2) is 18.2 Å². The van der Waals surface area contributed by atoms with E-state index in [-0.39, 0.29) is 37.1 Å². The predicted molar refractivity (Wildman–Crippen MR) is 254 cm³/mol. The molecule has 6 amide bonds. The first-order valence-electron chi connectivity index (χ1n) is 23.2. The first-order chi connectivity index (χ1) is 31.9. The van der Waals surface area contributed by atoms with Crippen molar-refractivity contribution in [3.8, 4) is 22.8 Å². The van der Waals surface area contributed by atoms with Crippen LogP contribution in [0.3, 0.4) is 0 Å². The van der Waals surface area contributed by atoms with Crippen molar-refractivity contribution in [3.63, 3.8) is 0 Å². The van der Waals surface area contributed by atoms with Crippen LogP contribution in [0.1, 0.15) is 84.6 Å². The highest BCUT2D eigenvalue weighted by molar-refractivity contribution is 7.89. The number of likely N-dealkylation sites (tertiary alicyclic amines) is 1. The summed E-state index contributed by atoms with van der Waals surface area (Å²) in [6.45, 7) is 7.14. The van der Waals surface area contributed by atoms with Gasteiger partial charge in [0.15, 0.2) is 0 Å². The summed E-state index contributed by atoms with van der Waals surface area (Å²) in [5.74, 6) is -2.25. The number of carbonyl (C=O) groups is 5. The number of hydrogen-bond acceptors (Lipinski definition) is 10. The maximum absolute atomic E-state index is 14.8. The van der Waals surface area contributed by atoms with Crippen LogP contribution in [0.5, 0.6) is 11.5 Å². The first-order valence-corrected chi connectivity index (χ1v) is 24.8. The normalized spacial score (nSPS) is 21.6. The van der Waals surface area contributed by atoms with Gasteiger partial charge in [-0.05, 0) is 54.2 Å². The van der Waals surface area contributed by atoms with Crippen molar-refractivity contribution >= 4 is 50.6 Å². The van der Waals surface area contributed by atoms with Gasteiger partial charge >= 0.3 is 6.03 Å². The van der Waals surface area contributed by atoms with E-state index in [1.807, 2.05) is 49.4 Å². The number of hydrogen-bond donors (Lipinski definition) is 5. The van der Waals surface area contributed by atoms with E-state index in [4.69, 9.17) is 14.5 Å². The highest BCUT2D eigenvalue weighted by atomic mass is 32.2. The number of nitrogens with one attached hydrogen (secondary N) is 5. The topological polar surface area (TPSA) is 214 Å². The molecule has 1 aromatic heterocycles. The molecule has 0 radical (unpaired) electrons. The van der Waals surface area contributed by atoms with E-state index < -0.39 is 74.7 Å². The highest BCUT2D eigenvalue weighted by Crippen LogP contribution is 2.47. The van der Waals surface area contributed by atoms with Crippen molar-refractivity contribution in [3.05, 3.63) is 90.5 Å². The van der Waals surface area contributed by atoms with E-state index in [2.05, 4.69) is 26.0 Å². The van der Waals surface area contributed by atoms with Gasteiger partial charge in [0.1, 0.15) is 41.3 Å². The Morgan fingerprint density at radius 3 is 2.21 bits per heavy atom. The molecule has 1 aliphatic heterocycles. The van der Waals surface area contributed by atoms with Gasteiger partial charge in [0.2, 0.25) is 27.7 Å². The molecule has 2 heterocycles. The Labute approximate surface area is 392 Å². The van der Waals surface area contributed by atoms with Crippen LogP contribution in [0.25, 0.3) is 22.2 Å². The lowest BCUT2D eigenvalue weighted by atomic mass is 9.82. The molecule has 2 unspecified atom stereocenters. The Hall–Kier alpha value is -6.23. The minimum Gasteiger partial charge on any atom is -0.497 e. The molecule has 2 saturated carbocycles. The van der Waals surface area contributed by atoms with E-state index in [1.54, 1.807) is 70.3 Å². The second kappa shape index (κ2) is 20.3. The van der Waals surface area contributed by atoms with Gasteiger partial charge < -0.3 is 35.6 Å². The summed E-state index contributed by atoms with van der Waals surface area (Å²) < 4.78 is 41.0. The summed E-state index contributed by atoms with van der Waals surface area (Å²) in [4.78, 5) is 77.2. The zero-order valence-corrected chi connectivity index (χ0v) is 39.9. The predicted octanol–water partition coefficient (Wildman–Crippen LogP) is 5.60. The molecule has 17 heteroatoms. The monoisotopic (exact) mass is 937 g/mol. The number of amides is 6. The number of nitrogens with zero attached hydrogens (tertiary/aromatic N) is 2. The van der Waals surface area contributed by atoms with Crippen molar-refractivity contribution in [2.75, 3.05) is 20.7 Å². The Bertz CT molecular complexity index is 2570. The zero-order chi connectivity index (χ0) is 48.1. The van der Waals surface area contributed by atoms with Gasteiger partial charge in [0, 0.05) is 36.6 Å². The molecular formula is C50H63N7O9S. The number of aromatic nitrogens is 1. The molecule has 1 saturated heterocycles. The van der Waals surface area contributed by atoms with Crippen molar-refractivity contribution in [1.29, 1.82) is 0 Å². The SMILES string of the molecule is CCC1C[C@]1(NC(=O)[C@@H]1CC(Oc2cc(-c3ccccc3)nc3cc(OC)ccc23)CN1C(=O)N[C@H](C(=O)N[C@H](C(=O)NC)C1CCCCC1)C(C)(C)C)C(=O)NS(=O)(=O)Cc1ccccc1. The Kier molecular flexibility index (Phi) is 14.8. The lowest BCUT2D eigenvalue weighted by Crippen LogP contribution is -2.62. The molecule has 16 nitrogen and oxygen atoms in total. The number of benzene rings is 3. The standard InChI is InChI=1S/C50H63N7O9S/c1-7-34-28-50(34,47(61)56-67(63,64)30-31-17-11-8-12-18-31)55-44(58)40-26-36(66-41-27-38(32-19-13-9-14-20-32)52-39-25-35(65-6)23-24-37(39)41)29-57(40)48(62)54-43(49(2,3)4)46(60)53-42(45(59)51-5)33-21-15-10-16-22-33/h8-9,11-14,17-20,23-25,27,33-34,36,40,42-43H,7,10,15-16,21-22,26,28-30H2,1-6H3,(H,51,59)(H,53,60)(H,54,62)(H,55,58)(H,56,61)/t34?,36?,40-,42-,43+,50+/m0/s1. The molecule has 6 atom stereocenters. The van der Waals surface area contributed by atoms with E-state index in [0.29, 0.717) is 40.1 Å². The molecule has 0 bridgehead atoms. The second-order valence-corrected chi connectivity index (χ2v) is 20.8. The minimum atomic E-state index is -4.16. The molecule has 2 aliphatic carbocycles. The van der Waals surface area contributed by atoms with Crippen LogP contribution in [0, 0.1) is 17.3 Å². The van der Waals surface area contributed by atoms with Crippen molar-refractivity contribution in [2.24, 2.45) is 17.3 Å². The largest absolute Gasteiger partial charge is 0.497 e. The third kappa shape index (κ3) is 11.3. The van der Waals surface area contributed by atoms with Crippen LogP contribution in [0.15, 0.2) is 84.9 Å². The van der Waals surface area contributed by atoms with Crippen LogP contribution in [0.4, 0.5) is 4.79 Å². The number of carbonyl (C=O) groups excluding carboxylic acids is 5. The Morgan fingerprint density at radius 2 is 1.58 bits per heavy atom. The van der Waals surface area contributed by atoms with Crippen molar-refractivity contribution in [2.45, 2.75) is 115 Å². The molecular weight excluding hydrogens is 875 g/mol. The molecule has 3 aliphatic rings. The van der Waals surface area contributed by atoms with Crippen LogP contribution < -0.4 is 35.5 Å². The maximum atomic E-state index is 14.8. The molecule has 67 heavy (non-hydrogen) atoms. The number of fused-ring (bicyclic) bond motifs is 1. The number of rotatable bonds is 16. The molecule has 4 aromatic rings. The number of ether oxygens (including phenoxy) is 2. The van der Waals surface area contributed by atoms with Gasteiger partial charge in [-0.2, -0.15) is 0 Å². The minimum absolute atomic E-state index is 0.0203. The lowest BCUT2D eigenvalue weighted by Gasteiger charge is -2.36. The second-order valence-electron chi connectivity index (χ2n) is 19.1. The summed E-state index contributed by atoms with van der Waals surface area (Å²) in [7, 11) is -1.06. The number of likely N-dealkylation sites (N-methyl/N-ethyl adjacent to an activating group) is 1. The lowest BCUT2D eigenvalue weighted by molar-refractivity contribution is -0.132. The first kappa shape index (κ1) is 48.7. The summed E-state index contributed by atoms with van der Waals surface area (Å²) in [6, 6.07) is 21.3. The van der Waals surface area contributed by atoms with Gasteiger partial charge in [-0.15, -0.1) is 0 Å². The zero-order valence-electron chi connectivity index (χ0n) is 39.1. The average molecular weight is 938 g/mol. The van der Waals surface area contributed by atoms with Crippen LogP contribution in [-0.2, 0) is 35.0 Å².